The minimum Gasteiger partial charge on any atom is -0.309 e. The molecule has 0 bridgehead atoms. The van der Waals surface area contributed by atoms with E-state index in [0.29, 0.717) is 24.4 Å². The summed E-state index contributed by atoms with van der Waals surface area (Å²) in [6.07, 6.45) is 3.92. The zero-order valence-electron chi connectivity index (χ0n) is 16.5. The number of nitrogens with zero attached hydrogens (tertiary/aromatic N) is 2. The molecular weight excluding hydrogens is 386 g/mol. The van der Waals surface area contributed by atoms with Crippen molar-refractivity contribution in [3.8, 4) is 0 Å². The van der Waals surface area contributed by atoms with Crippen molar-refractivity contribution < 1.29 is 13.2 Å². The quantitative estimate of drug-likeness (QED) is 0.741. The highest BCUT2D eigenvalue weighted by atomic mass is 32.2. The molecular formula is C22H25N3O3S. The van der Waals surface area contributed by atoms with E-state index in [2.05, 4.69) is 22.7 Å². The predicted octanol–water partition coefficient (Wildman–Crippen LogP) is 3.26. The molecule has 0 aliphatic carbocycles. The van der Waals surface area contributed by atoms with E-state index in [0.717, 1.165) is 31.4 Å². The third-order valence-electron chi connectivity index (χ3n) is 5.46. The van der Waals surface area contributed by atoms with Crippen LogP contribution >= 0.6 is 0 Å². The van der Waals surface area contributed by atoms with Crippen molar-refractivity contribution in [1.29, 1.82) is 0 Å². The van der Waals surface area contributed by atoms with E-state index in [9.17, 15) is 13.2 Å². The van der Waals surface area contributed by atoms with Crippen LogP contribution in [0.25, 0.3) is 0 Å². The molecule has 2 aromatic rings. The zero-order chi connectivity index (χ0) is 20.4. The molecule has 0 fully saturated rings. The second-order valence-corrected chi connectivity index (χ2v) is 9.24. The number of hydrogen-bond acceptors (Lipinski definition) is 4. The van der Waals surface area contributed by atoms with Crippen LogP contribution in [0, 0.1) is 0 Å². The smallest absolute Gasteiger partial charge is 0.263 e. The molecule has 6 nitrogen and oxygen atoms in total. The lowest BCUT2D eigenvalue weighted by Crippen LogP contribution is -2.35. The van der Waals surface area contributed by atoms with Crippen molar-refractivity contribution in [3.63, 3.8) is 0 Å². The number of anilines is 1. The van der Waals surface area contributed by atoms with Crippen LogP contribution in [-0.2, 0) is 21.2 Å². The van der Waals surface area contributed by atoms with Crippen LogP contribution < -0.4 is 9.62 Å². The lowest BCUT2D eigenvalue weighted by Gasteiger charge is -2.22. The van der Waals surface area contributed by atoms with E-state index in [1.54, 1.807) is 24.3 Å². The first-order valence-corrected chi connectivity index (χ1v) is 11.5. The Morgan fingerprint density at radius 1 is 1.10 bits per heavy atom. The predicted molar refractivity (Wildman–Crippen MR) is 114 cm³/mol. The van der Waals surface area contributed by atoms with Gasteiger partial charge in [0, 0.05) is 30.3 Å². The highest BCUT2D eigenvalue weighted by molar-refractivity contribution is 7.90. The molecule has 0 saturated heterocycles. The fourth-order valence-corrected chi connectivity index (χ4v) is 5.32. The number of benzene rings is 2. The number of amides is 1. The topological polar surface area (TPSA) is 78.8 Å². The van der Waals surface area contributed by atoms with Gasteiger partial charge in [-0.15, -0.1) is 0 Å². The average molecular weight is 412 g/mol. The van der Waals surface area contributed by atoms with Crippen molar-refractivity contribution in [2.75, 3.05) is 11.4 Å². The molecule has 1 amide bonds. The normalized spacial score (nSPS) is 20.4. The summed E-state index contributed by atoms with van der Waals surface area (Å²) in [5, 5.41) is 0. The second-order valence-electron chi connectivity index (χ2n) is 7.59. The molecule has 2 heterocycles. The molecule has 29 heavy (non-hydrogen) atoms. The van der Waals surface area contributed by atoms with Gasteiger partial charge in [0.2, 0.25) is 5.91 Å². The third-order valence-corrected chi connectivity index (χ3v) is 6.85. The minimum absolute atomic E-state index is 0.172. The molecule has 1 atom stereocenters. The monoisotopic (exact) mass is 411 g/mol. The molecule has 1 N–H and O–H groups in total. The van der Waals surface area contributed by atoms with E-state index >= 15 is 0 Å². The number of para-hydroxylation sites is 1. The molecule has 0 saturated carbocycles. The summed E-state index contributed by atoms with van der Waals surface area (Å²) in [6, 6.07) is 15.2. The minimum atomic E-state index is -3.48. The Kier molecular flexibility index (Phi) is 5.41. The highest BCUT2D eigenvalue weighted by Crippen LogP contribution is 2.32. The van der Waals surface area contributed by atoms with Crippen LogP contribution in [0.3, 0.4) is 0 Å². The maximum Gasteiger partial charge on any atom is 0.263 e. The van der Waals surface area contributed by atoms with Gasteiger partial charge in [-0.25, -0.2) is 8.42 Å². The molecule has 0 aromatic heterocycles. The first-order chi connectivity index (χ1) is 14.0. The lowest BCUT2D eigenvalue weighted by atomic mass is 10.1. The zero-order valence-corrected chi connectivity index (χ0v) is 17.3. The highest BCUT2D eigenvalue weighted by Gasteiger charge is 2.31. The van der Waals surface area contributed by atoms with Gasteiger partial charge in [-0.3, -0.25) is 14.5 Å². The SMILES string of the molecule is CC1Cc2ccccc2N1C(=O)CCCCCN=C1NS(=O)(=O)c2ccccc21. The number of carbonyl (C=O) groups is 1. The second kappa shape index (κ2) is 7.99. The number of carbonyl (C=O) groups excluding carboxylic acids is 1. The van der Waals surface area contributed by atoms with Gasteiger partial charge in [0.05, 0.1) is 4.90 Å². The maximum atomic E-state index is 12.7. The maximum absolute atomic E-state index is 12.7. The van der Waals surface area contributed by atoms with Gasteiger partial charge in [0.1, 0.15) is 5.84 Å². The van der Waals surface area contributed by atoms with Crippen LogP contribution in [-0.4, -0.2) is 32.7 Å². The molecule has 0 spiro atoms. The van der Waals surface area contributed by atoms with Gasteiger partial charge in [0.25, 0.3) is 10.0 Å². The number of rotatable bonds is 6. The van der Waals surface area contributed by atoms with Gasteiger partial charge in [0.15, 0.2) is 0 Å². The molecule has 4 rings (SSSR count). The number of hydrogen-bond donors (Lipinski definition) is 1. The van der Waals surface area contributed by atoms with Crippen LogP contribution in [0.5, 0.6) is 0 Å². The van der Waals surface area contributed by atoms with Crippen LogP contribution in [0.4, 0.5) is 5.69 Å². The lowest BCUT2D eigenvalue weighted by molar-refractivity contribution is -0.119. The van der Waals surface area contributed by atoms with Crippen molar-refractivity contribution >= 4 is 27.5 Å². The first-order valence-electron chi connectivity index (χ1n) is 10.0. The molecule has 7 heteroatoms. The van der Waals surface area contributed by atoms with Crippen LogP contribution in [0.15, 0.2) is 58.4 Å². The van der Waals surface area contributed by atoms with E-state index in [4.69, 9.17) is 0 Å². The Balaban J connectivity index is 1.26. The van der Waals surface area contributed by atoms with Gasteiger partial charge in [-0.05, 0) is 49.9 Å². The summed E-state index contributed by atoms with van der Waals surface area (Å²) in [5.41, 5.74) is 2.91. The Morgan fingerprint density at radius 2 is 1.86 bits per heavy atom. The van der Waals surface area contributed by atoms with Crippen molar-refractivity contribution in [2.24, 2.45) is 4.99 Å². The Morgan fingerprint density at radius 3 is 2.72 bits per heavy atom. The summed E-state index contributed by atoms with van der Waals surface area (Å²) < 4.78 is 26.7. The van der Waals surface area contributed by atoms with Gasteiger partial charge < -0.3 is 4.90 Å². The van der Waals surface area contributed by atoms with E-state index in [-0.39, 0.29) is 16.8 Å². The molecule has 2 aliphatic heterocycles. The summed E-state index contributed by atoms with van der Waals surface area (Å²) in [7, 11) is -3.48. The Hall–Kier alpha value is -2.67. The molecule has 2 aromatic carbocycles. The van der Waals surface area contributed by atoms with E-state index < -0.39 is 10.0 Å². The van der Waals surface area contributed by atoms with Gasteiger partial charge in [-0.2, -0.15) is 0 Å². The van der Waals surface area contributed by atoms with Crippen molar-refractivity contribution in [3.05, 3.63) is 59.7 Å². The van der Waals surface area contributed by atoms with E-state index in [1.165, 1.54) is 5.56 Å². The number of fused-ring (bicyclic) bond motifs is 2. The van der Waals surface area contributed by atoms with Crippen molar-refractivity contribution in [2.45, 2.75) is 50.0 Å². The largest absolute Gasteiger partial charge is 0.309 e. The summed E-state index contributed by atoms with van der Waals surface area (Å²) in [6.45, 7) is 2.62. The Bertz CT molecular complexity index is 1060. The molecule has 0 radical (unpaired) electrons. The van der Waals surface area contributed by atoms with Crippen molar-refractivity contribution in [1.82, 2.24) is 4.72 Å². The summed E-state index contributed by atoms with van der Waals surface area (Å²) >= 11 is 0. The third kappa shape index (κ3) is 3.92. The van der Waals surface area contributed by atoms with E-state index in [1.807, 2.05) is 23.1 Å². The number of unbranched alkanes of at least 4 members (excludes halogenated alkanes) is 2. The van der Waals surface area contributed by atoms with Gasteiger partial charge in [-0.1, -0.05) is 36.8 Å². The molecule has 152 valence electrons. The van der Waals surface area contributed by atoms with Gasteiger partial charge >= 0.3 is 0 Å². The summed E-state index contributed by atoms with van der Waals surface area (Å²) in [4.78, 5) is 19.3. The number of sulfonamides is 1. The van der Waals surface area contributed by atoms with Crippen LogP contribution in [0.2, 0.25) is 0 Å². The fraction of sp³-hybridized carbons (Fsp3) is 0.364. The fourth-order valence-electron chi connectivity index (χ4n) is 4.07. The number of aliphatic imine (C=N–C) groups is 1. The molecule has 1 unspecified atom stereocenters. The number of amidine groups is 1. The average Bonchev–Trinajstić information content (AvgIpc) is 3.17. The molecule has 2 aliphatic rings. The Labute approximate surface area is 171 Å². The number of nitrogens with one attached hydrogen (secondary N) is 1. The summed E-state index contributed by atoms with van der Waals surface area (Å²) in [5.74, 6) is 0.588. The standard InChI is InChI=1S/C22H25N3O3S/c1-16-15-17-9-4-6-11-19(17)25(16)21(26)13-3-2-8-14-23-22-18-10-5-7-12-20(18)29(27,28)24-22/h4-7,9-12,16H,2-3,8,13-15H2,1H3,(H,23,24). The first kappa shape index (κ1) is 19.6. The van der Waals surface area contributed by atoms with Crippen LogP contribution in [0.1, 0.15) is 43.7 Å².